The summed E-state index contributed by atoms with van der Waals surface area (Å²) in [7, 11) is 4.63. The van der Waals surface area contributed by atoms with Crippen LogP contribution < -0.4 is 29.6 Å². The zero-order valence-electron chi connectivity index (χ0n) is 20.0. The lowest BCUT2D eigenvalue weighted by molar-refractivity contribution is 0.0636. The number of rotatable bonds is 8. The third-order valence-electron chi connectivity index (χ3n) is 4.27. The summed E-state index contributed by atoms with van der Waals surface area (Å²) < 4.78 is 27.1. The molecular weight excluding hydrogens is 440 g/mol. The normalized spacial score (nSPS) is 10.8. The Balaban J connectivity index is 1.69. The Morgan fingerprint density at radius 3 is 2.09 bits per heavy atom. The lowest BCUT2D eigenvalue weighted by Gasteiger charge is -2.19. The van der Waals surface area contributed by atoms with Crippen molar-refractivity contribution in [3.8, 4) is 28.9 Å². The molecule has 10 heteroatoms. The molecule has 2 aromatic carbocycles. The first-order chi connectivity index (χ1) is 16.2. The van der Waals surface area contributed by atoms with Crippen LogP contribution in [0.3, 0.4) is 0 Å². The van der Waals surface area contributed by atoms with Crippen molar-refractivity contribution in [1.82, 2.24) is 9.97 Å². The fourth-order valence-corrected chi connectivity index (χ4v) is 2.91. The van der Waals surface area contributed by atoms with Gasteiger partial charge in [-0.25, -0.2) is 4.79 Å². The zero-order valence-corrected chi connectivity index (χ0v) is 20.0. The van der Waals surface area contributed by atoms with E-state index in [1.165, 1.54) is 6.20 Å². The van der Waals surface area contributed by atoms with Crippen molar-refractivity contribution in [3.05, 3.63) is 48.8 Å². The van der Waals surface area contributed by atoms with Gasteiger partial charge in [0.05, 0.1) is 33.7 Å². The number of carbonyl (C=O) groups is 1. The molecule has 3 rings (SSSR count). The van der Waals surface area contributed by atoms with Crippen LogP contribution in [0.2, 0.25) is 0 Å². The standard InChI is InChI=1S/C24H28N4O6/c1-24(2,3)34-23(29)27-15-7-9-17(10-8-15)33-21-14-25-13-20(28-21)26-16-11-18(30-4)22(32-6)19(12-16)31-5/h7-14H,1-6H3,(H,26,28)(H,27,29). The number of carbonyl (C=O) groups excluding carboxylic acids is 1. The van der Waals surface area contributed by atoms with Gasteiger partial charge in [0.2, 0.25) is 11.6 Å². The summed E-state index contributed by atoms with van der Waals surface area (Å²) in [6.07, 6.45) is 2.52. The fourth-order valence-electron chi connectivity index (χ4n) is 2.91. The summed E-state index contributed by atoms with van der Waals surface area (Å²) in [5.41, 5.74) is 0.663. The second-order valence-electron chi connectivity index (χ2n) is 8.03. The first kappa shape index (κ1) is 24.4. The maximum atomic E-state index is 11.9. The number of methoxy groups -OCH3 is 3. The molecule has 0 bridgehead atoms. The second kappa shape index (κ2) is 10.6. The lowest BCUT2D eigenvalue weighted by atomic mass is 10.2. The molecule has 0 unspecified atom stereocenters. The molecule has 180 valence electrons. The van der Waals surface area contributed by atoms with E-state index < -0.39 is 11.7 Å². The van der Waals surface area contributed by atoms with Crippen LogP contribution in [0, 0.1) is 0 Å². The Hall–Kier alpha value is -4.21. The highest BCUT2D eigenvalue weighted by Gasteiger charge is 2.16. The van der Waals surface area contributed by atoms with Crippen LogP contribution in [0.25, 0.3) is 0 Å². The van der Waals surface area contributed by atoms with E-state index in [9.17, 15) is 4.79 Å². The number of benzene rings is 2. The molecule has 0 aliphatic heterocycles. The third kappa shape index (κ3) is 6.64. The molecule has 10 nitrogen and oxygen atoms in total. The topological polar surface area (TPSA) is 113 Å². The van der Waals surface area contributed by atoms with Crippen LogP contribution in [0.15, 0.2) is 48.8 Å². The minimum Gasteiger partial charge on any atom is -0.493 e. The molecule has 2 N–H and O–H groups in total. The lowest BCUT2D eigenvalue weighted by Crippen LogP contribution is -2.27. The van der Waals surface area contributed by atoms with Gasteiger partial charge in [-0.2, -0.15) is 4.98 Å². The molecule has 0 aliphatic rings. The van der Waals surface area contributed by atoms with E-state index in [0.29, 0.717) is 40.2 Å². The third-order valence-corrected chi connectivity index (χ3v) is 4.27. The largest absolute Gasteiger partial charge is 0.493 e. The summed E-state index contributed by atoms with van der Waals surface area (Å²) in [4.78, 5) is 20.5. The predicted octanol–water partition coefficient (Wildman–Crippen LogP) is 5.39. The monoisotopic (exact) mass is 468 g/mol. The molecule has 1 aromatic heterocycles. The van der Waals surface area contributed by atoms with Gasteiger partial charge in [-0.05, 0) is 45.0 Å². The number of nitrogens with zero attached hydrogens (tertiary/aromatic N) is 2. The van der Waals surface area contributed by atoms with Gasteiger partial charge >= 0.3 is 6.09 Å². The fraction of sp³-hybridized carbons (Fsp3) is 0.292. The van der Waals surface area contributed by atoms with Crippen LogP contribution >= 0.6 is 0 Å². The predicted molar refractivity (Wildman–Crippen MR) is 128 cm³/mol. The number of amides is 1. The molecule has 1 amide bonds. The van der Waals surface area contributed by atoms with E-state index in [1.807, 2.05) is 0 Å². The van der Waals surface area contributed by atoms with Gasteiger partial charge in [0.25, 0.3) is 0 Å². The van der Waals surface area contributed by atoms with Crippen LogP contribution in [-0.2, 0) is 4.74 Å². The van der Waals surface area contributed by atoms with Crippen LogP contribution in [0.1, 0.15) is 20.8 Å². The molecule has 3 aromatic rings. The van der Waals surface area contributed by atoms with Gasteiger partial charge < -0.3 is 29.0 Å². The number of hydrogen-bond acceptors (Lipinski definition) is 9. The summed E-state index contributed by atoms with van der Waals surface area (Å²) >= 11 is 0. The minimum absolute atomic E-state index is 0.283. The van der Waals surface area contributed by atoms with E-state index in [4.69, 9.17) is 23.7 Å². The van der Waals surface area contributed by atoms with Gasteiger partial charge in [-0.15, -0.1) is 0 Å². The van der Waals surface area contributed by atoms with Crippen molar-refractivity contribution in [2.75, 3.05) is 32.0 Å². The summed E-state index contributed by atoms with van der Waals surface area (Å²) in [6, 6.07) is 10.3. The van der Waals surface area contributed by atoms with Crippen molar-refractivity contribution >= 4 is 23.3 Å². The molecule has 0 saturated heterocycles. The number of anilines is 3. The Morgan fingerprint density at radius 1 is 0.882 bits per heavy atom. The van der Waals surface area contributed by atoms with Crippen LogP contribution in [0.4, 0.5) is 22.0 Å². The van der Waals surface area contributed by atoms with Gasteiger partial charge in [0.1, 0.15) is 11.4 Å². The molecule has 0 fully saturated rings. The summed E-state index contributed by atoms with van der Waals surface area (Å²) in [6.45, 7) is 5.40. The smallest absolute Gasteiger partial charge is 0.412 e. The van der Waals surface area contributed by atoms with Gasteiger partial charge in [-0.3, -0.25) is 10.3 Å². The van der Waals surface area contributed by atoms with Crippen molar-refractivity contribution in [3.63, 3.8) is 0 Å². The highest BCUT2D eigenvalue weighted by Crippen LogP contribution is 2.40. The Kier molecular flexibility index (Phi) is 7.62. The minimum atomic E-state index is -0.576. The number of aromatic nitrogens is 2. The van der Waals surface area contributed by atoms with Crippen molar-refractivity contribution in [2.24, 2.45) is 0 Å². The van der Waals surface area contributed by atoms with E-state index >= 15 is 0 Å². The summed E-state index contributed by atoms with van der Waals surface area (Å²) in [5, 5.41) is 5.82. The average molecular weight is 469 g/mol. The Bertz CT molecular complexity index is 1100. The Labute approximate surface area is 198 Å². The van der Waals surface area contributed by atoms with Crippen molar-refractivity contribution in [1.29, 1.82) is 0 Å². The van der Waals surface area contributed by atoms with E-state index in [0.717, 1.165) is 0 Å². The SMILES string of the molecule is COc1cc(Nc2cncc(Oc3ccc(NC(=O)OC(C)(C)C)cc3)n2)cc(OC)c1OC. The maximum absolute atomic E-state index is 11.9. The molecule has 0 saturated carbocycles. The first-order valence-corrected chi connectivity index (χ1v) is 10.4. The molecule has 0 spiro atoms. The molecule has 0 aliphatic carbocycles. The number of ether oxygens (including phenoxy) is 5. The number of hydrogen-bond donors (Lipinski definition) is 2. The highest BCUT2D eigenvalue weighted by atomic mass is 16.6. The van der Waals surface area contributed by atoms with Crippen LogP contribution in [-0.4, -0.2) is 43.0 Å². The molecule has 34 heavy (non-hydrogen) atoms. The maximum Gasteiger partial charge on any atom is 0.412 e. The van der Waals surface area contributed by atoms with E-state index in [1.54, 1.807) is 84.7 Å². The van der Waals surface area contributed by atoms with Gasteiger partial charge in [0, 0.05) is 23.5 Å². The molecule has 0 radical (unpaired) electrons. The van der Waals surface area contributed by atoms with Crippen molar-refractivity contribution < 1.29 is 28.5 Å². The Morgan fingerprint density at radius 2 is 1.53 bits per heavy atom. The van der Waals surface area contributed by atoms with Crippen LogP contribution in [0.5, 0.6) is 28.9 Å². The van der Waals surface area contributed by atoms with Gasteiger partial charge in [0.15, 0.2) is 17.3 Å². The highest BCUT2D eigenvalue weighted by molar-refractivity contribution is 5.84. The molecular formula is C24H28N4O6. The van der Waals surface area contributed by atoms with E-state index in [-0.39, 0.29) is 5.88 Å². The summed E-state index contributed by atoms with van der Waals surface area (Å²) in [5.74, 6) is 2.76. The average Bonchev–Trinajstić information content (AvgIpc) is 2.78. The second-order valence-corrected chi connectivity index (χ2v) is 8.03. The molecule has 1 heterocycles. The number of nitrogens with one attached hydrogen (secondary N) is 2. The van der Waals surface area contributed by atoms with Crippen molar-refractivity contribution in [2.45, 2.75) is 26.4 Å². The first-order valence-electron chi connectivity index (χ1n) is 10.4. The van der Waals surface area contributed by atoms with E-state index in [2.05, 4.69) is 20.6 Å². The van der Waals surface area contributed by atoms with Gasteiger partial charge in [-0.1, -0.05) is 0 Å². The zero-order chi connectivity index (χ0) is 24.7. The molecule has 0 atom stereocenters. The quantitative estimate of drug-likeness (QED) is 0.449.